The Kier molecular flexibility index (Phi) is 6.58. The van der Waals surface area contributed by atoms with E-state index in [1.165, 1.54) is 6.07 Å². The molecule has 0 saturated carbocycles. The first kappa shape index (κ1) is 23.1. The first-order chi connectivity index (χ1) is 15.8. The van der Waals surface area contributed by atoms with Crippen LogP contribution in [0.4, 0.5) is 18.9 Å². The van der Waals surface area contributed by atoms with Crippen molar-refractivity contribution < 1.29 is 28.1 Å². The second-order valence-corrected chi connectivity index (χ2v) is 8.12. The predicted molar refractivity (Wildman–Crippen MR) is 119 cm³/mol. The van der Waals surface area contributed by atoms with E-state index in [4.69, 9.17) is 4.74 Å². The van der Waals surface area contributed by atoms with E-state index in [0.717, 1.165) is 40.2 Å². The standard InChI is InChI=1S/C25H25F3N2O3/c1-16(32)21-4-2-3-5-22(21)17-6-8-23(18(12-17)15-31)30-11-10-20(14-30)33-24-9-7-19(13-29-24)25(26,27)28/h2-9,12-13,16,20,31-32H,10-11,14-15H2,1H3. The summed E-state index contributed by atoms with van der Waals surface area (Å²) in [6.07, 6.45) is -3.82. The molecule has 0 radical (unpaired) electrons. The average molecular weight is 458 g/mol. The van der Waals surface area contributed by atoms with Crippen molar-refractivity contribution in [2.24, 2.45) is 0 Å². The monoisotopic (exact) mass is 458 g/mol. The van der Waals surface area contributed by atoms with Gasteiger partial charge in [0.2, 0.25) is 5.88 Å². The maximum absolute atomic E-state index is 12.7. The molecule has 2 N–H and O–H groups in total. The lowest BCUT2D eigenvalue weighted by Crippen LogP contribution is -2.25. The van der Waals surface area contributed by atoms with Gasteiger partial charge >= 0.3 is 6.18 Å². The minimum Gasteiger partial charge on any atom is -0.472 e. The molecule has 8 heteroatoms. The number of aliphatic hydroxyl groups excluding tert-OH is 2. The van der Waals surface area contributed by atoms with Crippen LogP contribution in [0.1, 0.15) is 36.1 Å². The second kappa shape index (κ2) is 9.41. The Balaban J connectivity index is 1.49. The Morgan fingerprint density at radius 2 is 1.94 bits per heavy atom. The van der Waals surface area contributed by atoms with E-state index in [2.05, 4.69) is 9.88 Å². The first-order valence-electron chi connectivity index (χ1n) is 10.7. The lowest BCUT2D eigenvalue weighted by Gasteiger charge is -2.23. The highest BCUT2D eigenvalue weighted by atomic mass is 19.4. The van der Waals surface area contributed by atoms with Gasteiger partial charge in [-0.15, -0.1) is 0 Å². The molecule has 1 aliphatic heterocycles. The van der Waals surface area contributed by atoms with Crippen molar-refractivity contribution in [3.8, 4) is 17.0 Å². The minimum absolute atomic E-state index is 0.150. The fourth-order valence-corrected chi connectivity index (χ4v) is 4.14. The van der Waals surface area contributed by atoms with Gasteiger partial charge in [-0.2, -0.15) is 13.2 Å². The number of aliphatic hydroxyl groups is 2. The zero-order chi connectivity index (χ0) is 23.6. The third kappa shape index (κ3) is 5.12. The third-order valence-electron chi connectivity index (χ3n) is 5.81. The number of alkyl halides is 3. The number of ether oxygens (including phenoxy) is 1. The van der Waals surface area contributed by atoms with E-state index in [-0.39, 0.29) is 18.6 Å². The quantitative estimate of drug-likeness (QED) is 0.546. The van der Waals surface area contributed by atoms with Gasteiger partial charge in [0, 0.05) is 36.5 Å². The molecular formula is C25H25F3N2O3. The molecule has 1 saturated heterocycles. The topological polar surface area (TPSA) is 65.8 Å². The van der Waals surface area contributed by atoms with E-state index >= 15 is 0 Å². The van der Waals surface area contributed by atoms with Crippen LogP contribution >= 0.6 is 0 Å². The number of hydrogen-bond acceptors (Lipinski definition) is 5. The van der Waals surface area contributed by atoms with Crippen molar-refractivity contribution in [2.75, 3.05) is 18.0 Å². The maximum atomic E-state index is 12.7. The summed E-state index contributed by atoms with van der Waals surface area (Å²) in [7, 11) is 0. The average Bonchev–Trinajstić information content (AvgIpc) is 3.26. The van der Waals surface area contributed by atoms with Crippen LogP contribution in [0, 0.1) is 0 Å². The smallest absolute Gasteiger partial charge is 0.417 e. The molecule has 0 spiro atoms. The molecular weight excluding hydrogens is 433 g/mol. The summed E-state index contributed by atoms with van der Waals surface area (Å²) in [5.41, 5.74) is 3.44. The molecule has 2 atom stereocenters. The van der Waals surface area contributed by atoms with Crippen molar-refractivity contribution in [3.63, 3.8) is 0 Å². The number of pyridine rings is 1. The molecule has 4 rings (SSSR count). The van der Waals surface area contributed by atoms with Crippen LogP contribution < -0.4 is 9.64 Å². The molecule has 0 aliphatic carbocycles. The van der Waals surface area contributed by atoms with E-state index in [9.17, 15) is 23.4 Å². The summed E-state index contributed by atoms with van der Waals surface area (Å²) >= 11 is 0. The van der Waals surface area contributed by atoms with Crippen LogP contribution in [0.25, 0.3) is 11.1 Å². The molecule has 0 amide bonds. The van der Waals surface area contributed by atoms with Gasteiger partial charge in [0.05, 0.1) is 24.8 Å². The molecule has 1 aromatic heterocycles. The molecule has 1 fully saturated rings. The third-order valence-corrected chi connectivity index (χ3v) is 5.81. The number of hydrogen-bond donors (Lipinski definition) is 2. The number of anilines is 1. The van der Waals surface area contributed by atoms with E-state index < -0.39 is 17.8 Å². The minimum atomic E-state index is -4.43. The maximum Gasteiger partial charge on any atom is 0.417 e. The van der Waals surface area contributed by atoms with Crippen molar-refractivity contribution in [1.82, 2.24) is 4.98 Å². The van der Waals surface area contributed by atoms with Crippen molar-refractivity contribution in [2.45, 2.75) is 38.3 Å². The van der Waals surface area contributed by atoms with Crippen LogP contribution in [0.2, 0.25) is 0 Å². The summed E-state index contributed by atoms with van der Waals surface area (Å²) in [6, 6.07) is 15.6. The summed E-state index contributed by atoms with van der Waals surface area (Å²) in [5, 5.41) is 20.1. The number of nitrogens with zero attached hydrogens (tertiary/aromatic N) is 2. The zero-order valence-electron chi connectivity index (χ0n) is 18.1. The number of halogens is 3. The summed E-state index contributed by atoms with van der Waals surface area (Å²) in [5.74, 6) is 0.155. The highest BCUT2D eigenvalue weighted by Crippen LogP contribution is 2.34. The molecule has 2 aromatic carbocycles. The molecule has 1 aliphatic rings. The zero-order valence-corrected chi connectivity index (χ0v) is 18.1. The Hall–Kier alpha value is -3.10. The summed E-state index contributed by atoms with van der Waals surface area (Å²) < 4.78 is 43.9. The van der Waals surface area contributed by atoms with Crippen molar-refractivity contribution in [1.29, 1.82) is 0 Å². The highest BCUT2D eigenvalue weighted by molar-refractivity contribution is 5.72. The molecule has 33 heavy (non-hydrogen) atoms. The van der Waals surface area contributed by atoms with Crippen LogP contribution in [0.15, 0.2) is 60.8 Å². The molecule has 5 nitrogen and oxygen atoms in total. The van der Waals surface area contributed by atoms with Gasteiger partial charge in [0.1, 0.15) is 6.10 Å². The van der Waals surface area contributed by atoms with E-state index in [1.54, 1.807) is 6.92 Å². The highest BCUT2D eigenvalue weighted by Gasteiger charge is 2.31. The summed E-state index contributed by atoms with van der Waals surface area (Å²) in [4.78, 5) is 5.87. The van der Waals surface area contributed by atoms with Crippen molar-refractivity contribution in [3.05, 3.63) is 77.5 Å². The molecule has 0 bridgehead atoms. The molecule has 3 aromatic rings. The van der Waals surface area contributed by atoms with Gasteiger partial charge in [-0.05, 0) is 41.8 Å². The van der Waals surface area contributed by atoms with E-state index in [1.807, 2.05) is 42.5 Å². The Morgan fingerprint density at radius 1 is 1.15 bits per heavy atom. The van der Waals surface area contributed by atoms with Gasteiger partial charge in [0.25, 0.3) is 0 Å². The number of rotatable bonds is 6. The second-order valence-electron chi connectivity index (χ2n) is 8.12. The number of aromatic nitrogens is 1. The normalized spacial score (nSPS) is 17.3. The lowest BCUT2D eigenvalue weighted by atomic mass is 9.95. The molecule has 2 unspecified atom stereocenters. The predicted octanol–water partition coefficient (Wildman–Crippen LogP) is 4.97. The fraction of sp³-hybridized carbons (Fsp3) is 0.320. The van der Waals surface area contributed by atoms with Gasteiger partial charge < -0.3 is 19.8 Å². The Morgan fingerprint density at radius 3 is 2.61 bits per heavy atom. The lowest BCUT2D eigenvalue weighted by molar-refractivity contribution is -0.137. The van der Waals surface area contributed by atoms with Crippen LogP contribution in [0.3, 0.4) is 0 Å². The van der Waals surface area contributed by atoms with Gasteiger partial charge in [-0.25, -0.2) is 4.98 Å². The van der Waals surface area contributed by atoms with Gasteiger partial charge in [-0.1, -0.05) is 30.3 Å². The molecule has 2 heterocycles. The fourth-order valence-electron chi connectivity index (χ4n) is 4.14. The SMILES string of the molecule is CC(O)c1ccccc1-c1ccc(N2CCC(Oc3ccc(C(F)(F)F)cn3)C2)c(CO)c1. The Bertz CT molecular complexity index is 1100. The largest absolute Gasteiger partial charge is 0.472 e. The number of benzene rings is 2. The van der Waals surface area contributed by atoms with Gasteiger partial charge in [-0.3, -0.25) is 0 Å². The van der Waals surface area contributed by atoms with Gasteiger partial charge in [0.15, 0.2) is 0 Å². The van der Waals surface area contributed by atoms with Crippen LogP contribution in [-0.4, -0.2) is 34.4 Å². The van der Waals surface area contributed by atoms with Crippen LogP contribution in [-0.2, 0) is 12.8 Å². The summed E-state index contributed by atoms with van der Waals surface area (Å²) in [6.45, 7) is 2.78. The van der Waals surface area contributed by atoms with Crippen molar-refractivity contribution >= 4 is 5.69 Å². The first-order valence-corrected chi connectivity index (χ1v) is 10.7. The van der Waals surface area contributed by atoms with E-state index in [0.29, 0.717) is 19.5 Å². The Labute approximate surface area is 190 Å². The van der Waals surface area contributed by atoms with Crippen LogP contribution in [0.5, 0.6) is 5.88 Å². The molecule has 174 valence electrons.